The summed E-state index contributed by atoms with van der Waals surface area (Å²) in [5, 5.41) is -0.745. The van der Waals surface area contributed by atoms with E-state index in [9.17, 15) is 4.79 Å². The van der Waals surface area contributed by atoms with Crippen LogP contribution < -0.4 is 20.1 Å². The second kappa shape index (κ2) is 7.67. The van der Waals surface area contributed by atoms with Crippen molar-refractivity contribution in [3.8, 4) is 11.5 Å². The van der Waals surface area contributed by atoms with E-state index in [4.69, 9.17) is 41.7 Å². The Morgan fingerprint density at radius 1 is 1.36 bits per heavy atom. The fourth-order valence-corrected chi connectivity index (χ4v) is 2.43. The van der Waals surface area contributed by atoms with Crippen LogP contribution >= 0.6 is 0 Å². The summed E-state index contributed by atoms with van der Waals surface area (Å²) >= 11 is 0. The Hall–Kier alpha value is -2.81. The van der Waals surface area contributed by atoms with Crippen molar-refractivity contribution in [3.05, 3.63) is 12.1 Å². The molecule has 2 N–H and O–H groups in total. The van der Waals surface area contributed by atoms with E-state index in [1.165, 1.54) is 0 Å². The largest absolute Gasteiger partial charge is 0.493 e. The van der Waals surface area contributed by atoms with E-state index in [0.29, 0.717) is 4.90 Å². The van der Waals surface area contributed by atoms with E-state index in [0.717, 1.165) is 0 Å². The van der Waals surface area contributed by atoms with Crippen LogP contribution in [0.4, 0.5) is 11.8 Å². The standard InChI is InChI=1S/C19H25N5O4/c1-26-15-10-12-13(11-16(15)27-2)21-19(22-17(12)20)24-7-5-23(6-8-24)18(25)14-4-3-9-28-14/h10-11,14H,3-9H2,1-2H3,(H2,20,21,22)/i1D3,2D3,3D2,4D2,7D2,8D2,9D2,10D,11D/hD2. The molecule has 0 radical (unpaired) electrons. The molecular formula is C19H25N5O4. The smallest absolute Gasteiger partial charge is 0.251 e. The number of aromatic nitrogens is 2. The van der Waals surface area contributed by atoms with Gasteiger partial charge in [-0.2, -0.15) is 4.98 Å². The Labute approximate surface area is 191 Å². The maximum Gasteiger partial charge on any atom is 0.251 e. The summed E-state index contributed by atoms with van der Waals surface area (Å²) in [5.41, 5.74) is -1.09. The number of methoxy groups -OCH3 is 2. The molecule has 1 aromatic heterocycles. The SMILES string of the molecule is [2H]c1c(OC([2H])([2H])[2H])c(OC([2H])([2H])[2H])c([2H])c2c(N([2H])[2H])nc(N3C([2H])([2H])CN(C(=O)C4OC([2H])([2H])C([2H])([2H])C4([2H])[2H])CC3([2H])[2H])nc12. The van der Waals surface area contributed by atoms with E-state index in [1.807, 2.05) is 0 Å². The lowest BCUT2D eigenvalue weighted by molar-refractivity contribution is -0.141. The summed E-state index contributed by atoms with van der Waals surface area (Å²) in [5.74, 6) is -5.73. The predicted octanol–water partition coefficient (Wildman–Crippen LogP) is 1.06. The highest BCUT2D eigenvalue weighted by Crippen LogP contribution is 2.34. The summed E-state index contributed by atoms with van der Waals surface area (Å²) < 4.78 is 173. The van der Waals surface area contributed by atoms with Crippen molar-refractivity contribution in [3.63, 3.8) is 0 Å². The number of carbonyl (C=O) groups excluding carboxylic acids is 1. The quantitative estimate of drug-likeness (QED) is 0.785. The second-order valence-corrected chi connectivity index (χ2v) is 5.40. The Morgan fingerprint density at radius 3 is 2.82 bits per heavy atom. The number of anilines is 2. The van der Waals surface area contributed by atoms with Crippen molar-refractivity contribution in [2.24, 2.45) is 0 Å². The zero-order chi connectivity index (χ0) is 37.0. The van der Waals surface area contributed by atoms with Gasteiger partial charge >= 0.3 is 0 Å². The minimum absolute atomic E-state index is 0.221. The third-order valence-corrected chi connectivity index (χ3v) is 3.77. The zero-order valence-corrected chi connectivity index (χ0v) is 13.9. The molecule has 9 nitrogen and oxygen atoms in total. The van der Waals surface area contributed by atoms with Gasteiger partial charge in [0.2, 0.25) is 5.95 Å². The molecule has 0 spiro atoms. The third kappa shape index (κ3) is 3.37. The van der Waals surface area contributed by atoms with E-state index >= 15 is 0 Å². The third-order valence-electron chi connectivity index (χ3n) is 3.77. The van der Waals surface area contributed by atoms with Gasteiger partial charge in [-0.05, 0) is 18.8 Å². The van der Waals surface area contributed by atoms with Crippen LogP contribution in [-0.4, -0.2) is 73.6 Å². The molecule has 0 saturated carbocycles. The number of benzene rings is 1. The second-order valence-electron chi connectivity index (χ2n) is 5.40. The van der Waals surface area contributed by atoms with Crippen LogP contribution in [0.25, 0.3) is 10.9 Å². The molecule has 3 heterocycles. The Kier molecular flexibility index (Phi) is 1.74. The van der Waals surface area contributed by atoms with Gasteiger partial charge in [0.25, 0.3) is 5.91 Å². The number of amides is 1. The number of piperazine rings is 1. The Morgan fingerprint density at radius 2 is 2.14 bits per heavy atom. The summed E-state index contributed by atoms with van der Waals surface area (Å²) in [6.07, 6.45) is -9.11. The number of carbonyl (C=O) groups is 1. The molecule has 2 aliphatic heterocycles. The van der Waals surface area contributed by atoms with Crippen LogP contribution in [0, 0.1) is 0 Å². The highest BCUT2D eigenvalue weighted by Gasteiger charge is 2.31. The molecule has 1 amide bonds. The van der Waals surface area contributed by atoms with Crippen LogP contribution in [0.1, 0.15) is 37.4 Å². The number of hydrogen-bond acceptors (Lipinski definition) is 8. The maximum absolute atomic E-state index is 13.3. The minimum atomic E-state index is -3.35. The molecule has 0 aliphatic carbocycles. The number of nitrogen functional groups attached to an aromatic ring is 1. The van der Waals surface area contributed by atoms with E-state index in [-0.39, 0.29) is 10.6 Å². The number of ether oxygens (including phenoxy) is 3. The first-order valence-corrected chi connectivity index (χ1v) is 7.64. The molecule has 1 unspecified atom stereocenters. The number of rotatable bonds is 5. The maximum atomic E-state index is 13.3. The summed E-state index contributed by atoms with van der Waals surface area (Å²) in [6, 6.07) is -2.16. The number of fused-ring (bicyclic) bond motifs is 1. The highest BCUT2D eigenvalue weighted by atomic mass is 16.5. The number of nitrogens with zero attached hydrogens (tertiary/aromatic N) is 4. The van der Waals surface area contributed by atoms with Crippen molar-refractivity contribution in [2.75, 3.05) is 57.3 Å². The van der Waals surface area contributed by atoms with E-state index < -0.39 is 118 Å². The van der Waals surface area contributed by atoms with Crippen molar-refractivity contribution in [2.45, 2.75) is 18.8 Å². The van der Waals surface area contributed by atoms with Crippen molar-refractivity contribution in [1.29, 1.82) is 0 Å². The molecule has 2 aromatic rings. The molecule has 1 aromatic carbocycles. The van der Waals surface area contributed by atoms with Gasteiger partial charge in [0.1, 0.15) is 11.9 Å². The van der Waals surface area contributed by atoms with Gasteiger partial charge < -0.3 is 29.7 Å². The van der Waals surface area contributed by atoms with Crippen molar-refractivity contribution in [1.82, 2.24) is 14.9 Å². The van der Waals surface area contributed by atoms with Crippen LogP contribution in [0.15, 0.2) is 12.1 Å². The Bertz CT molecular complexity index is 1610. The molecule has 0 bridgehead atoms. The summed E-state index contributed by atoms with van der Waals surface area (Å²) in [6.45, 7) is -11.7. The first-order chi connectivity index (χ1) is 21.4. The molecule has 2 saturated heterocycles. The molecule has 9 heteroatoms. The van der Waals surface area contributed by atoms with Gasteiger partial charge in [0, 0.05) is 49.6 Å². The van der Waals surface area contributed by atoms with Gasteiger partial charge in [-0.25, -0.2) is 4.98 Å². The monoisotopic (exact) mass is 407 g/mol. The van der Waals surface area contributed by atoms with Crippen LogP contribution in [0.5, 0.6) is 11.5 Å². The minimum Gasteiger partial charge on any atom is -0.493 e. The molecule has 150 valence electrons. The van der Waals surface area contributed by atoms with E-state index in [1.54, 1.807) is 0 Å². The molecule has 1 atom stereocenters. The molecular weight excluding hydrogens is 362 g/mol. The van der Waals surface area contributed by atoms with Crippen LogP contribution in [0.2, 0.25) is 2.82 Å². The van der Waals surface area contributed by atoms with Gasteiger partial charge in [-0.3, -0.25) is 4.79 Å². The van der Waals surface area contributed by atoms with Crippen molar-refractivity contribution >= 4 is 28.6 Å². The normalized spacial score (nSPS) is 40.1. The zero-order valence-electron chi connectivity index (χ0n) is 33.9. The van der Waals surface area contributed by atoms with Crippen LogP contribution in [-0.2, 0) is 9.53 Å². The van der Waals surface area contributed by atoms with Crippen LogP contribution in [0.3, 0.4) is 0 Å². The molecule has 28 heavy (non-hydrogen) atoms. The Balaban J connectivity index is 1.88. The number of hydrogen-bond donors (Lipinski definition) is 1. The lowest BCUT2D eigenvalue weighted by atomic mass is 10.2. The van der Waals surface area contributed by atoms with Gasteiger partial charge in [-0.15, -0.1) is 0 Å². The summed E-state index contributed by atoms with van der Waals surface area (Å²) in [7, 11) is -6.68. The fourth-order valence-electron chi connectivity index (χ4n) is 2.43. The van der Waals surface area contributed by atoms with Gasteiger partial charge in [-0.1, -0.05) is 0 Å². The van der Waals surface area contributed by atoms with Crippen molar-refractivity contribution < 1.29 is 46.5 Å². The molecule has 2 aliphatic rings. The van der Waals surface area contributed by atoms with E-state index in [2.05, 4.69) is 9.97 Å². The average molecular weight is 408 g/mol. The number of nitrogens with two attached hydrogens (primary N) is 1. The average Bonchev–Trinajstić information content (AvgIpc) is 3.00. The van der Waals surface area contributed by atoms with Gasteiger partial charge in [0.15, 0.2) is 14.3 Å². The fraction of sp³-hybridized carbons (Fsp3) is 0.526. The molecule has 2 fully saturated rings. The predicted molar refractivity (Wildman–Crippen MR) is 105 cm³/mol. The van der Waals surface area contributed by atoms with Gasteiger partial charge in [0.05, 0.1) is 38.8 Å². The molecule has 4 rings (SSSR count). The lowest BCUT2D eigenvalue weighted by Gasteiger charge is -2.35. The lowest BCUT2D eigenvalue weighted by Crippen LogP contribution is -2.51. The first-order valence-electron chi connectivity index (χ1n) is 17.5. The highest BCUT2D eigenvalue weighted by molar-refractivity contribution is 5.91. The first kappa shape index (κ1) is 6.35. The topological polar surface area (TPSA) is 103 Å². The summed E-state index contributed by atoms with van der Waals surface area (Å²) in [4.78, 5) is 21.7.